The summed E-state index contributed by atoms with van der Waals surface area (Å²) in [7, 11) is 0. The first kappa shape index (κ1) is 18.2. The predicted molar refractivity (Wildman–Crippen MR) is 102 cm³/mol. The number of ketones is 1. The normalized spacial score (nSPS) is 44.6. The number of carbonyl (C=O) groups is 2. The van der Waals surface area contributed by atoms with Gasteiger partial charge in [-0.05, 0) is 79.6 Å². The maximum atomic E-state index is 12.7. The number of fused-ring (bicyclic) bond motifs is 5. The van der Waals surface area contributed by atoms with Gasteiger partial charge in [0, 0.05) is 25.4 Å². The summed E-state index contributed by atoms with van der Waals surface area (Å²) in [5.74, 6) is 2.78. The predicted octanol–water partition coefficient (Wildman–Crippen LogP) is 3.21. The third kappa shape index (κ3) is 2.59. The third-order valence-electron chi connectivity index (χ3n) is 8.72. The number of hydrogen-bond donors (Lipinski definition) is 2. The van der Waals surface area contributed by atoms with Crippen LogP contribution in [0.15, 0.2) is 11.6 Å². The van der Waals surface area contributed by atoms with Crippen LogP contribution >= 0.6 is 0 Å². The Kier molecular flexibility index (Phi) is 4.53. The van der Waals surface area contributed by atoms with Gasteiger partial charge in [-0.15, -0.1) is 0 Å². The average Bonchev–Trinajstić information content (AvgIpc) is 2.97. The molecule has 4 heteroatoms. The molecule has 4 nitrogen and oxygen atoms in total. The zero-order valence-corrected chi connectivity index (χ0v) is 16.4. The van der Waals surface area contributed by atoms with Gasteiger partial charge in [0.25, 0.3) is 0 Å². The van der Waals surface area contributed by atoms with Crippen LogP contribution in [0.4, 0.5) is 0 Å². The Bertz CT molecular complexity index is 642. The summed E-state index contributed by atoms with van der Waals surface area (Å²) in [4.78, 5) is 24.7. The van der Waals surface area contributed by atoms with E-state index in [0.717, 1.165) is 38.0 Å². The lowest BCUT2D eigenvalue weighted by atomic mass is 9.47. The summed E-state index contributed by atoms with van der Waals surface area (Å²) in [6, 6.07) is 0. The maximum absolute atomic E-state index is 12.7. The van der Waals surface area contributed by atoms with E-state index in [4.69, 9.17) is 5.73 Å². The Morgan fingerprint density at radius 3 is 2.73 bits per heavy atom. The van der Waals surface area contributed by atoms with E-state index < -0.39 is 0 Å². The molecule has 0 heterocycles. The zero-order chi connectivity index (χ0) is 18.5. The van der Waals surface area contributed by atoms with E-state index in [0.29, 0.717) is 30.7 Å². The summed E-state index contributed by atoms with van der Waals surface area (Å²) >= 11 is 0. The van der Waals surface area contributed by atoms with Crippen LogP contribution in [-0.2, 0) is 9.59 Å². The summed E-state index contributed by atoms with van der Waals surface area (Å²) in [5.41, 5.74) is 7.36. The molecule has 0 aromatic carbocycles. The smallest absolute Gasteiger partial charge is 0.223 e. The fourth-order valence-corrected chi connectivity index (χ4v) is 7.31. The Morgan fingerprint density at radius 1 is 1.15 bits per heavy atom. The highest BCUT2D eigenvalue weighted by molar-refractivity contribution is 5.91. The molecule has 0 saturated heterocycles. The first-order valence-corrected chi connectivity index (χ1v) is 10.6. The van der Waals surface area contributed by atoms with E-state index >= 15 is 0 Å². The zero-order valence-electron chi connectivity index (χ0n) is 16.4. The van der Waals surface area contributed by atoms with Gasteiger partial charge in [-0.3, -0.25) is 9.59 Å². The van der Waals surface area contributed by atoms with E-state index in [1.165, 1.54) is 24.8 Å². The van der Waals surface area contributed by atoms with Crippen molar-refractivity contribution < 1.29 is 9.59 Å². The Hall–Kier alpha value is -1.16. The number of nitrogens with two attached hydrogens (primary N) is 1. The molecule has 3 saturated carbocycles. The molecule has 6 atom stereocenters. The minimum Gasteiger partial charge on any atom is -0.355 e. The van der Waals surface area contributed by atoms with Crippen molar-refractivity contribution in [3.63, 3.8) is 0 Å². The van der Waals surface area contributed by atoms with Gasteiger partial charge in [0.05, 0.1) is 0 Å². The summed E-state index contributed by atoms with van der Waals surface area (Å²) in [6.45, 7) is 5.90. The van der Waals surface area contributed by atoms with Gasteiger partial charge in [-0.1, -0.05) is 19.4 Å². The molecule has 4 aliphatic carbocycles. The van der Waals surface area contributed by atoms with Gasteiger partial charge >= 0.3 is 0 Å². The number of nitrogens with one attached hydrogen (secondary N) is 1. The monoisotopic (exact) mass is 358 g/mol. The summed E-state index contributed by atoms with van der Waals surface area (Å²) in [6.07, 6.45) is 10.6. The van der Waals surface area contributed by atoms with Crippen molar-refractivity contribution in [2.24, 2.45) is 40.2 Å². The van der Waals surface area contributed by atoms with E-state index in [-0.39, 0.29) is 22.7 Å². The molecule has 0 aromatic rings. The molecule has 1 amide bonds. The highest BCUT2D eigenvalue weighted by atomic mass is 16.2. The second kappa shape index (κ2) is 6.47. The maximum Gasteiger partial charge on any atom is 0.223 e. The fraction of sp³-hybridized carbons (Fsp3) is 0.818. The van der Waals surface area contributed by atoms with Gasteiger partial charge in [0.15, 0.2) is 5.78 Å². The van der Waals surface area contributed by atoms with Crippen LogP contribution in [0.5, 0.6) is 0 Å². The Balaban J connectivity index is 1.57. The van der Waals surface area contributed by atoms with Crippen molar-refractivity contribution in [2.75, 3.05) is 13.1 Å². The van der Waals surface area contributed by atoms with Crippen LogP contribution in [0.1, 0.15) is 65.2 Å². The van der Waals surface area contributed by atoms with Gasteiger partial charge < -0.3 is 11.1 Å². The number of amides is 1. The summed E-state index contributed by atoms with van der Waals surface area (Å²) in [5, 5.41) is 3.05. The van der Waals surface area contributed by atoms with E-state index in [1.54, 1.807) is 0 Å². The number of allylic oxidation sites excluding steroid dienone is 1. The fourth-order valence-electron chi connectivity index (χ4n) is 7.31. The van der Waals surface area contributed by atoms with Crippen molar-refractivity contribution in [3.05, 3.63) is 11.6 Å². The van der Waals surface area contributed by atoms with E-state index in [2.05, 4.69) is 19.2 Å². The van der Waals surface area contributed by atoms with Crippen LogP contribution in [-0.4, -0.2) is 24.8 Å². The standard InChI is InChI=1S/C22H34N2O2/c1-21-9-7-15(25)13-14(21)3-4-16-17-5-6-19(20(26)24-12-11-23)22(17,2)10-8-18(16)21/h13,16-19H,3-12,23H2,1-2H3,(H,24,26)/t16-,17-,18-,19?,21-,22-/m0/s1. The molecule has 3 N–H and O–H groups in total. The van der Waals surface area contributed by atoms with Crippen molar-refractivity contribution in [3.8, 4) is 0 Å². The van der Waals surface area contributed by atoms with Crippen LogP contribution < -0.4 is 11.1 Å². The lowest BCUT2D eigenvalue weighted by Gasteiger charge is -2.58. The molecule has 3 fully saturated rings. The van der Waals surface area contributed by atoms with Gasteiger partial charge in [0.2, 0.25) is 5.91 Å². The molecule has 4 rings (SSSR count). The quantitative estimate of drug-likeness (QED) is 0.814. The van der Waals surface area contributed by atoms with Gasteiger partial charge in [-0.2, -0.15) is 0 Å². The van der Waals surface area contributed by atoms with Gasteiger partial charge in [0.1, 0.15) is 0 Å². The lowest BCUT2D eigenvalue weighted by molar-refractivity contribution is -0.132. The van der Waals surface area contributed by atoms with Crippen LogP contribution in [0, 0.1) is 34.5 Å². The van der Waals surface area contributed by atoms with Crippen LogP contribution in [0.2, 0.25) is 0 Å². The van der Waals surface area contributed by atoms with Crippen molar-refractivity contribution in [1.29, 1.82) is 0 Å². The minimum absolute atomic E-state index is 0.141. The molecule has 26 heavy (non-hydrogen) atoms. The minimum atomic E-state index is 0.141. The third-order valence-corrected chi connectivity index (χ3v) is 8.72. The molecule has 4 aliphatic rings. The van der Waals surface area contributed by atoms with Crippen molar-refractivity contribution >= 4 is 11.7 Å². The molecule has 1 unspecified atom stereocenters. The molecule has 0 spiro atoms. The van der Waals surface area contributed by atoms with Crippen molar-refractivity contribution in [2.45, 2.75) is 65.2 Å². The molecule has 0 radical (unpaired) electrons. The highest BCUT2D eigenvalue weighted by Crippen LogP contribution is 2.66. The van der Waals surface area contributed by atoms with Gasteiger partial charge in [-0.25, -0.2) is 0 Å². The van der Waals surface area contributed by atoms with E-state index in [1.807, 2.05) is 6.08 Å². The second-order valence-corrected chi connectivity index (χ2v) is 9.72. The molecular weight excluding hydrogens is 324 g/mol. The van der Waals surface area contributed by atoms with E-state index in [9.17, 15) is 9.59 Å². The molecule has 144 valence electrons. The number of hydrogen-bond acceptors (Lipinski definition) is 3. The first-order valence-electron chi connectivity index (χ1n) is 10.6. The largest absolute Gasteiger partial charge is 0.355 e. The second-order valence-electron chi connectivity index (χ2n) is 9.72. The molecular formula is C22H34N2O2. The Morgan fingerprint density at radius 2 is 1.96 bits per heavy atom. The summed E-state index contributed by atoms with van der Waals surface area (Å²) < 4.78 is 0. The number of carbonyl (C=O) groups excluding carboxylic acids is 2. The van der Waals surface area contributed by atoms with Crippen LogP contribution in [0.25, 0.3) is 0 Å². The lowest BCUT2D eigenvalue weighted by Crippen LogP contribution is -2.52. The molecule has 0 aliphatic heterocycles. The molecule has 0 aromatic heterocycles. The topological polar surface area (TPSA) is 72.2 Å². The SMILES string of the molecule is C[C@]12CCC(=O)C=C1CC[C@@H]1[C@@H]2CC[C@]2(C)C(C(=O)NCCN)CC[C@@H]12. The average molecular weight is 359 g/mol. The highest BCUT2D eigenvalue weighted by Gasteiger charge is 2.60. The molecule has 0 bridgehead atoms. The number of rotatable bonds is 3. The van der Waals surface area contributed by atoms with Crippen molar-refractivity contribution in [1.82, 2.24) is 5.32 Å². The first-order chi connectivity index (χ1) is 12.4. The van der Waals surface area contributed by atoms with Crippen LogP contribution in [0.3, 0.4) is 0 Å². The Labute approximate surface area is 157 Å².